The van der Waals surface area contributed by atoms with Gasteiger partial charge in [-0.3, -0.25) is 0 Å². The Kier molecular flexibility index (Phi) is 3.46. The van der Waals surface area contributed by atoms with Crippen LogP contribution in [0.3, 0.4) is 0 Å². The maximum Gasteiger partial charge on any atom is 0.162 e. The van der Waals surface area contributed by atoms with E-state index in [1.54, 1.807) is 0 Å². The van der Waals surface area contributed by atoms with E-state index in [9.17, 15) is 0 Å². The lowest BCUT2D eigenvalue weighted by Gasteiger charge is -2.15. The first-order chi connectivity index (χ1) is 8.66. The average Bonchev–Trinajstić information content (AvgIpc) is 3.10. The Labute approximate surface area is 121 Å². The topological polar surface area (TPSA) is 18.5 Å². The van der Waals surface area contributed by atoms with Crippen molar-refractivity contribution < 1.29 is 9.47 Å². The smallest absolute Gasteiger partial charge is 0.162 e. The summed E-state index contributed by atoms with van der Waals surface area (Å²) < 4.78 is 12.4. The molecular weight excluding hydrogens is 316 g/mol. The average molecular weight is 332 g/mol. The predicted molar refractivity (Wildman–Crippen MR) is 75.6 cm³/mol. The van der Waals surface area contributed by atoms with Gasteiger partial charge in [-0.1, -0.05) is 22.9 Å². The van der Waals surface area contributed by atoms with Gasteiger partial charge in [0.05, 0.1) is 18.6 Å². The SMILES string of the molecule is CC1CC1C(Cl)c1cc2c(cc1Br)OCCCO2. The fourth-order valence-electron chi connectivity index (χ4n) is 2.40. The molecule has 1 aliphatic heterocycles. The standard InChI is InChI=1S/C14H16BrClO2/c1-8-5-9(8)14(16)10-6-12-13(7-11(10)15)18-4-2-3-17-12/h6-9,14H,2-5H2,1H3. The lowest BCUT2D eigenvalue weighted by molar-refractivity contribution is 0.297. The van der Waals surface area contributed by atoms with E-state index in [1.807, 2.05) is 12.1 Å². The zero-order valence-corrected chi connectivity index (χ0v) is 12.6. The summed E-state index contributed by atoms with van der Waals surface area (Å²) in [7, 11) is 0. The Bertz CT molecular complexity index is 463. The molecule has 4 heteroatoms. The van der Waals surface area contributed by atoms with E-state index in [2.05, 4.69) is 22.9 Å². The van der Waals surface area contributed by atoms with Crippen molar-refractivity contribution in [3.63, 3.8) is 0 Å². The van der Waals surface area contributed by atoms with E-state index in [0.717, 1.165) is 33.9 Å². The molecule has 18 heavy (non-hydrogen) atoms. The van der Waals surface area contributed by atoms with Crippen LogP contribution >= 0.6 is 27.5 Å². The number of benzene rings is 1. The van der Waals surface area contributed by atoms with Crippen molar-refractivity contribution in [2.75, 3.05) is 13.2 Å². The van der Waals surface area contributed by atoms with Crippen LogP contribution in [0.15, 0.2) is 16.6 Å². The van der Waals surface area contributed by atoms with E-state index in [-0.39, 0.29) is 5.38 Å². The van der Waals surface area contributed by atoms with E-state index in [4.69, 9.17) is 21.1 Å². The molecule has 1 saturated carbocycles. The lowest BCUT2D eigenvalue weighted by atomic mass is 10.1. The van der Waals surface area contributed by atoms with Crippen LogP contribution in [0.2, 0.25) is 0 Å². The van der Waals surface area contributed by atoms with Crippen molar-refractivity contribution in [2.45, 2.75) is 25.1 Å². The first-order valence-electron chi connectivity index (χ1n) is 6.40. The van der Waals surface area contributed by atoms with Crippen LogP contribution < -0.4 is 9.47 Å². The van der Waals surface area contributed by atoms with Gasteiger partial charge >= 0.3 is 0 Å². The summed E-state index contributed by atoms with van der Waals surface area (Å²) in [6, 6.07) is 4.02. The second-order valence-electron chi connectivity index (χ2n) is 5.15. The van der Waals surface area contributed by atoms with Crippen molar-refractivity contribution >= 4 is 27.5 Å². The van der Waals surface area contributed by atoms with Crippen LogP contribution in [0.5, 0.6) is 11.5 Å². The quantitative estimate of drug-likeness (QED) is 0.740. The molecule has 0 bridgehead atoms. The Hall–Kier alpha value is -0.410. The van der Waals surface area contributed by atoms with Crippen molar-refractivity contribution in [3.05, 3.63) is 22.2 Å². The number of halogens is 2. The molecule has 1 heterocycles. The molecule has 0 spiro atoms. The lowest BCUT2D eigenvalue weighted by Crippen LogP contribution is -1.99. The summed E-state index contributed by atoms with van der Waals surface area (Å²) in [5.74, 6) is 2.96. The van der Waals surface area contributed by atoms with E-state index >= 15 is 0 Å². The van der Waals surface area contributed by atoms with Gasteiger partial charge in [-0.25, -0.2) is 0 Å². The molecule has 3 unspecified atom stereocenters. The van der Waals surface area contributed by atoms with Crippen LogP contribution in [-0.4, -0.2) is 13.2 Å². The van der Waals surface area contributed by atoms with Gasteiger partial charge < -0.3 is 9.47 Å². The molecule has 0 aromatic heterocycles. The Morgan fingerprint density at radius 3 is 2.50 bits per heavy atom. The molecule has 2 nitrogen and oxygen atoms in total. The summed E-state index contributed by atoms with van der Waals surface area (Å²) in [5, 5.41) is 0.0616. The third-order valence-corrected chi connectivity index (χ3v) is 4.96. The molecule has 1 fully saturated rings. The summed E-state index contributed by atoms with van der Waals surface area (Å²) in [6.07, 6.45) is 2.14. The van der Waals surface area contributed by atoms with E-state index in [0.29, 0.717) is 19.1 Å². The number of hydrogen-bond acceptors (Lipinski definition) is 2. The Morgan fingerprint density at radius 1 is 1.28 bits per heavy atom. The number of hydrogen-bond donors (Lipinski definition) is 0. The van der Waals surface area contributed by atoms with Crippen LogP contribution in [0, 0.1) is 11.8 Å². The molecule has 98 valence electrons. The van der Waals surface area contributed by atoms with Crippen molar-refractivity contribution in [1.82, 2.24) is 0 Å². The summed E-state index contributed by atoms with van der Waals surface area (Å²) >= 11 is 10.2. The van der Waals surface area contributed by atoms with Gasteiger partial charge in [-0.05, 0) is 36.0 Å². The molecule has 1 aliphatic carbocycles. The first-order valence-corrected chi connectivity index (χ1v) is 7.63. The highest BCUT2D eigenvalue weighted by Gasteiger charge is 2.40. The van der Waals surface area contributed by atoms with Gasteiger partial charge in [0.2, 0.25) is 0 Å². The minimum Gasteiger partial charge on any atom is -0.490 e. The largest absolute Gasteiger partial charge is 0.490 e. The zero-order valence-electron chi connectivity index (χ0n) is 10.3. The number of alkyl halides is 1. The number of rotatable bonds is 2. The van der Waals surface area contributed by atoms with Crippen LogP contribution in [0.1, 0.15) is 30.7 Å². The summed E-state index contributed by atoms with van der Waals surface area (Å²) in [6.45, 7) is 3.67. The van der Waals surface area contributed by atoms with Crippen molar-refractivity contribution in [3.8, 4) is 11.5 Å². The Morgan fingerprint density at radius 2 is 1.89 bits per heavy atom. The van der Waals surface area contributed by atoms with E-state index < -0.39 is 0 Å². The van der Waals surface area contributed by atoms with Crippen LogP contribution in [-0.2, 0) is 0 Å². The van der Waals surface area contributed by atoms with Gasteiger partial charge in [-0.2, -0.15) is 0 Å². The Balaban J connectivity index is 1.92. The fraction of sp³-hybridized carbons (Fsp3) is 0.571. The minimum absolute atomic E-state index is 0.0616. The summed E-state index contributed by atoms with van der Waals surface area (Å²) in [5.41, 5.74) is 1.12. The monoisotopic (exact) mass is 330 g/mol. The van der Waals surface area contributed by atoms with Gasteiger partial charge in [0.1, 0.15) is 0 Å². The highest BCUT2D eigenvalue weighted by molar-refractivity contribution is 9.10. The maximum absolute atomic E-state index is 6.56. The molecule has 1 aromatic rings. The third kappa shape index (κ3) is 2.35. The second-order valence-corrected chi connectivity index (χ2v) is 6.47. The minimum atomic E-state index is 0.0616. The number of fused-ring (bicyclic) bond motifs is 1. The van der Waals surface area contributed by atoms with Crippen molar-refractivity contribution in [1.29, 1.82) is 0 Å². The highest BCUT2D eigenvalue weighted by atomic mass is 79.9. The molecule has 3 rings (SSSR count). The van der Waals surface area contributed by atoms with E-state index in [1.165, 1.54) is 6.42 Å². The van der Waals surface area contributed by atoms with Crippen molar-refractivity contribution in [2.24, 2.45) is 11.8 Å². The molecule has 0 N–H and O–H groups in total. The molecule has 2 aliphatic rings. The molecule has 1 aromatic carbocycles. The summed E-state index contributed by atoms with van der Waals surface area (Å²) in [4.78, 5) is 0. The molecule has 3 atom stereocenters. The van der Waals surface area contributed by atoms with Gasteiger partial charge in [0.15, 0.2) is 11.5 Å². The third-order valence-electron chi connectivity index (χ3n) is 3.71. The normalized spacial score (nSPS) is 27.5. The van der Waals surface area contributed by atoms with Gasteiger partial charge in [0.25, 0.3) is 0 Å². The molecule has 0 radical (unpaired) electrons. The first kappa shape index (κ1) is 12.6. The zero-order chi connectivity index (χ0) is 12.7. The van der Waals surface area contributed by atoms with Crippen LogP contribution in [0.25, 0.3) is 0 Å². The highest BCUT2D eigenvalue weighted by Crippen LogP contribution is 2.52. The molecule has 0 saturated heterocycles. The predicted octanol–water partition coefficient (Wildman–Crippen LogP) is 4.55. The maximum atomic E-state index is 6.56. The fourth-order valence-corrected chi connectivity index (χ4v) is 3.63. The second kappa shape index (κ2) is 4.93. The van der Waals surface area contributed by atoms with Crippen LogP contribution in [0.4, 0.5) is 0 Å². The molecular formula is C14H16BrClO2. The molecule has 0 amide bonds. The van der Waals surface area contributed by atoms with Gasteiger partial charge in [0, 0.05) is 10.9 Å². The van der Waals surface area contributed by atoms with Gasteiger partial charge in [-0.15, -0.1) is 11.6 Å². The number of ether oxygens (including phenoxy) is 2.